The monoisotopic (exact) mass is 268 g/mol. The fraction of sp³-hybridized carbons (Fsp3) is 0.188. The normalized spacial score (nSPS) is 13.8. The number of nitrogens with zero attached hydrogens (tertiary/aromatic N) is 1. The Balaban J connectivity index is 1.66. The first-order chi connectivity index (χ1) is 9.70. The Bertz CT molecular complexity index is 626. The number of para-hydroxylation sites is 1. The van der Waals surface area contributed by atoms with Gasteiger partial charge >= 0.3 is 6.09 Å². The second-order valence-corrected chi connectivity index (χ2v) is 4.98. The first-order valence-electron chi connectivity index (χ1n) is 6.55. The molecule has 0 spiro atoms. The van der Waals surface area contributed by atoms with Crippen LogP contribution < -0.4 is 10.1 Å². The van der Waals surface area contributed by atoms with E-state index in [-0.39, 0.29) is 0 Å². The van der Waals surface area contributed by atoms with E-state index in [9.17, 15) is 4.79 Å². The molecular formula is C16H16N2O2. The Labute approximate surface area is 118 Å². The summed E-state index contributed by atoms with van der Waals surface area (Å²) < 4.78 is 5.20. The Morgan fingerprint density at radius 1 is 1.10 bits per heavy atom. The first-order valence-corrected chi connectivity index (χ1v) is 6.55. The maximum Gasteiger partial charge on any atom is 0.417 e. The summed E-state index contributed by atoms with van der Waals surface area (Å²) in [5.74, 6) is 0.533. The fourth-order valence-corrected chi connectivity index (χ4v) is 2.38. The molecule has 2 aromatic carbocycles. The van der Waals surface area contributed by atoms with Gasteiger partial charge in [0.2, 0.25) is 0 Å². The molecule has 0 saturated heterocycles. The van der Waals surface area contributed by atoms with E-state index in [1.165, 1.54) is 11.1 Å². The molecule has 0 atom stereocenters. The zero-order valence-corrected chi connectivity index (χ0v) is 11.3. The van der Waals surface area contributed by atoms with Crippen LogP contribution in [0.25, 0.3) is 0 Å². The van der Waals surface area contributed by atoms with Gasteiger partial charge in [0.15, 0.2) is 0 Å². The predicted molar refractivity (Wildman–Crippen MR) is 77.7 cm³/mol. The van der Waals surface area contributed by atoms with Gasteiger partial charge in [-0.3, -0.25) is 10.2 Å². The molecule has 4 nitrogen and oxygen atoms in total. The van der Waals surface area contributed by atoms with Crippen molar-refractivity contribution in [3.63, 3.8) is 0 Å². The molecule has 1 N–H and O–H groups in total. The number of carbonyl (C=O) groups excluding carboxylic acids is 1. The molecule has 1 aliphatic heterocycles. The zero-order valence-electron chi connectivity index (χ0n) is 11.3. The Morgan fingerprint density at radius 2 is 1.85 bits per heavy atom. The molecule has 1 amide bonds. The molecule has 3 rings (SSSR count). The van der Waals surface area contributed by atoms with Gasteiger partial charge in [0.05, 0.1) is 0 Å². The third kappa shape index (κ3) is 2.81. The van der Waals surface area contributed by atoms with Crippen molar-refractivity contribution in [3.8, 4) is 5.75 Å². The Morgan fingerprint density at radius 3 is 2.65 bits per heavy atom. The highest BCUT2D eigenvalue weighted by Gasteiger charge is 2.16. The van der Waals surface area contributed by atoms with E-state index in [1.807, 2.05) is 30.3 Å². The third-order valence-corrected chi connectivity index (χ3v) is 3.29. The summed E-state index contributed by atoms with van der Waals surface area (Å²) in [5.41, 5.74) is 3.33. The van der Waals surface area contributed by atoms with Crippen molar-refractivity contribution in [2.45, 2.75) is 13.1 Å². The summed E-state index contributed by atoms with van der Waals surface area (Å²) in [6.45, 7) is 1.88. The summed E-state index contributed by atoms with van der Waals surface area (Å²) in [7, 11) is 2.08. The molecule has 4 heteroatoms. The van der Waals surface area contributed by atoms with Crippen LogP contribution >= 0.6 is 0 Å². The summed E-state index contributed by atoms with van der Waals surface area (Å²) in [6, 6.07) is 15.0. The topological polar surface area (TPSA) is 41.6 Å². The molecule has 20 heavy (non-hydrogen) atoms. The number of amides is 1. The number of hydrogen-bond donors (Lipinski definition) is 1. The molecule has 2 aromatic rings. The molecule has 0 unspecified atom stereocenters. The van der Waals surface area contributed by atoms with Gasteiger partial charge in [0, 0.05) is 18.8 Å². The van der Waals surface area contributed by atoms with Crippen LogP contribution in [0.2, 0.25) is 0 Å². The smallest absolute Gasteiger partial charge is 0.410 e. The number of nitrogens with one attached hydrogen (secondary N) is 1. The molecular weight excluding hydrogens is 252 g/mol. The molecule has 0 aliphatic carbocycles. The Kier molecular flexibility index (Phi) is 3.39. The number of fused-ring (bicyclic) bond motifs is 1. The minimum atomic E-state index is -0.470. The summed E-state index contributed by atoms with van der Waals surface area (Å²) in [5, 5.41) is 2.76. The van der Waals surface area contributed by atoms with Gasteiger partial charge in [-0.2, -0.15) is 0 Å². The van der Waals surface area contributed by atoms with Crippen LogP contribution in [0.1, 0.15) is 11.1 Å². The number of ether oxygens (including phenoxy) is 1. The molecule has 102 valence electrons. The minimum absolute atomic E-state index is 0.470. The van der Waals surface area contributed by atoms with E-state index in [1.54, 1.807) is 12.1 Å². The average Bonchev–Trinajstić information content (AvgIpc) is 2.79. The van der Waals surface area contributed by atoms with Gasteiger partial charge in [0.25, 0.3) is 0 Å². The second kappa shape index (κ2) is 5.35. The van der Waals surface area contributed by atoms with Crippen molar-refractivity contribution < 1.29 is 9.53 Å². The maximum atomic E-state index is 11.8. The van der Waals surface area contributed by atoms with Gasteiger partial charge in [0.1, 0.15) is 5.75 Å². The van der Waals surface area contributed by atoms with E-state index >= 15 is 0 Å². The van der Waals surface area contributed by atoms with Gasteiger partial charge < -0.3 is 4.74 Å². The van der Waals surface area contributed by atoms with Crippen molar-refractivity contribution in [1.82, 2.24) is 4.90 Å². The van der Waals surface area contributed by atoms with Crippen LogP contribution in [0.15, 0.2) is 48.5 Å². The van der Waals surface area contributed by atoms with E-state index in [2.05, 4.69) is 23.3 Å². The molecule has 0 saturated carbocycles. The van der Waals surface area contributed by atoms with Crippen LogP contribution in [0.3, 0.4) is 0 Å². The number of anilines is 1. The molecule has 0 aromatic heterocycles. The SMILES string of the molecule is CN1Cc2ccc(NC(=O)Oc3ccccc3)cc2C1. The van der Waals surface area contributed by atoms with Crippen molar-refractivity contribution in [1.29, 1.82) is 0 Å². The molecule has 0 radical (unpaired) electrons. The lowest BCUT2D eigenvalue weighted by atomic mass is 10.1. The highest BCUT2D eigenvalue weighted by molar-refractivity contribution is 5.86. The van der Waals surface area contributed by atoms with Crippen molar-refractivity contribution >= 4 is 11.8 Å². The van der Waals surface area contributed by atoms with Crippen LogP contribution in [0.4, 0.5) is 10.5 Å². The lowest BCUT2D eigenvalue weighted by Crippen LogP contribution is -2.16. The van der Waals surface area contributed by atoms with Crippen molar-refractivity contribution in [3.05, 3.63) is 59.7 Å². The molecule has 0 bridgehead atoms. The van der Waals surface area contributed by atoms with Crippen LogP contribution in [0.5, 0.6) is 5.75 Å². The highest BCUT2D eigenvalue weighted by atomic mass is 16.6. The molecule has 1 heterocycles. The molecule has 1 aliphatic rings. The predicted octanol–water partition coefficient (Wildman–Crippen LogP) is 3.24. The lowest BCUT2D eigenvalue weighted by Gasteiger charge is -2.07. The standard InChI is InChI=1S/C16H16N2O2/c1-18-10-12-7-8-14(9-13(12)11-18)17-16(19)20-15-5-3-2-4-6-15/h2-9H,10-11H2,1H3,(H,17,19). The largest absolute Gasteiger partial charge is 0.417 e. The van der Waals surface area contributed by atoms with Crippen molar-refractivity contribution in [2.75, 3.05) is 12.4 Å². The van der Waals surface area contributed by atoms with E-state index in [0.29, 0.717) is 5.75 Å². The van der Waals surface area contributed by atoms with Crippen molar-refractivity contribution in [2.24, 2.45) is 0 Å². The van der Waals surface area contributed by atoms with Crippen LogP contribution in [0, 0.1) is 0 Å². The first kappa shape index (κ1) is 12.7. The fourth-order valence-electron chi connectivity index (χ4n) is 2.38. The lowest BCUT2D eigenvalue weighted by molar-refractivity contribution is 0.215. The van der Waals surface area contributed by atoms with E-state index < -0.39 is 6.09 Å². The summed E-state index contributed by atoms with van der Waals surface area (Å²) in [6.07, 6.45) is -0.470. The van der Waals surface area contributed by atoms with Gasteiger partial charge in [-0.15, -0.1) is 0 Å². The number of rotatable bonds is 2. The number of carbonyl (C=O) groups is 1. The molecule has 0 fully saturated rings. The van der Waals surface area contributed by atoms with E-state index in [4.69, 9.17) is 4.74 Å². The quantitative estimate of drug-likeness (QED) is 0.909. The zero-order chi connectivity index (χ0) is 13.9. The third-order valence-electron chi connectivity index (χ3n) is 3.29. The van der Waals surface area contributed by atoms with Gasteiger partial charge in [-0.1, -0.05) is 24.3 Å². The highest BCUT2D eigenvalue weighted by Crippen LogP contribution is 2.24. The number of benzene rings is 2. The average molecular weight is 268 g/mol. The number of hydrogen-bond acceptors (Lipinski definition) is 3. The van der Waals surface area contributed by atoms with E-state index in [0.717, 1.165) is 18.8 Å². The van der Waals surface area contributed by atoms with Gasteiger partial charge in [-0.25, -0.2) is 4.79 Å². The Hall–Kier alpha value is -2.33. The summed E-state index contributed by atoms with van der Waals surface area (Å²) >= 11 is 0. The second-order valence-electron chi connectivity index (χ2n) is 4.98. The van der Waals surface area contributed by atoms with Crippen LogP contribution in [-0.2, 0) is 13.1 Å². The summed E-state index contributed by atoms with van der Waals surface area (Å²) in [4.78, 5) is 14.0. The van der Waals surface area contributed by atoms with Gasteiger partial charge in [-0.05, 0) is 42.4 Å². The minimum Gasteiger partial charge on any atom is -0.410 e. The van der Waals surface area contributed by atoms with Crippen LogP contribution in [-0.4, -0.2) is 18.0 Å². The maximum absolute atomic E-state index is 11.8.